The average Bonchev–Trinajstić information content (AvgIpc) is 2.29. The van der Waals surface area contributed by atoms with Gasteiger partial charge >= 0.3 is 0 Å². The number of benzene rings is 1. The first-order valence-electron chi connectivity index (χ1n) is 7.38. The van der Waals surface area contributed by atoms with E-state index in [-0.39, 0.29) is 11.6 Å². The van der Waals surface area contributed by atoms with Crippen LogP contribution in [-0.4, -0.2) is 36.7 Å². The summed E-state index contributed by atoms with van der Waals surface area (Å²) in [5.41, 5.74) is 8.62. The van der Waals surface area contributed by atoms with Gasteiger partial charge in [0, 0.05) is 30.1 Å². The molecule has 3 nitrogen and oxygen atoms in total. The SMILES string of the molecule is NC(c1ccccc1)C1(N2CC3(COC3)C2)CCC1. The molecule has 102 valence electrons. The molecule has 4 rings (SSSR count). The van der Waals surface area contributed by atoms with Gasteiger partial charge in [-0.2, -0.15) is 0 Å². The van der Waals surface area contributed by atoms with Crippen molar-refractivity contribution in [1.29, 1.82) is 0 Å². The van der Waals surface area contributed by atoms with E-state index in [1.54, 1.807) is 0 Å². The van der Waals surface area contributed by atoms with Gasteiger partial charge in [-0.1, -0.05) is 30.3 Å². The van der Waals surface area contributed by atoms with Gasteiger partial charge in [-0.05, 0) is 24.8 Å². The Kier molecular flexibility index (Phi) is 2.53. The molecule has 1 aliphatic carbocycles. The molecule has 0 amide bonds. The standard InChI is InChI=1S/C16H22N2O/c17-14(13-5-2-1-3-6-13)16(7-4-8-16)18-9-15(10-18)11-19-12-15/h1-3,5-6,14H,4,7-12,17H2. The minimum atomic E-state index is 0.154. The highest BCUT2D eigenvalue weighted by atomic mass is 16.5. The second-order valence-electron chi connectivity index (χ2n) is 6.69. The zero-order chi connectivity index (χ0) is 12.9. The first-order valence-corrected chi connectivity index (χ1v) is 7.38. The van der Waals surface area contributed by atoms with Crippen molar-refractivity contribution >= 4 is 0 Å². The van der Waals surface area contributed by atoms with Crippen molar-refractivity contribution in [3.8, 4) is 0 Å². The van der Waals surface area contributed by atoms with Crippen LogP contribution in [0.4, 0.5) is 0 Å². The van der Waals surface area contributed by atoms with Crippen LogP contribution in [0, 0.1) is 5.41 Å². The lowest BCUT2D eigenvalue weighted by molar-refractivity contribution is -0.227. The number of likely N-dealkylation sites (tertiary alicyclic amines) is 1. The van der Waals surface area contributed by atoms with Crippen LogP contribution in [0.5, 0.6) is 0 Å². The molecule has 2 N–H and O–H groups in total. The third kappa shape index (κ3) is 1.62. The highest BCUT2D eigenvalue weighted by molar-refractivity contribution is 5.26. The van der Waals surface area contributed by atoms with E-state index in [9.17, 15) is 0 Å². The molecule has 2 aliphatic heterocycles. The van der Waals surface area contributed by atoms with Crippen LogP contribution >= 0.6 is 0 Å². The fraction of sp³-hybridized carbons (Fsp3) is 0.625. The minimum absolute atomic E-state index is 0.154. The Balaban J connectivity index is 1.54. The van der Waals surface area contributed by atoms with Crippen molar-refractivity contribution in [2.45, 2.75) is 30.8 Å². The molecule has 3 heteroatoms. The van der Waals surface area contributed by atoms with E-state index < -0.39 is 0 Å². The van der Waals surface area contributed by atoms with Gasteiger partial charge in [-0.3, -0.25) is 4.90 Å². The Morgan fingerprint density at radius 2 is 1.79 bits per heavy atom. The number of rotatable bonds is 3. The molecular weight excluding hydrogens is 236 g/mol. The lowest BCUT2D eigenvalue weighted by Gasteiger charge is -2.65. The normalized spacial score (nSPS) is 29.1. The molecule has 0 bridgehead atoms. The Hall–Kier alpha value is -0.900. The molecule has 1 saturated carbocycles. The molecule has 1 unspecified atom stereocenters. The zero-order valence-electron chi connectivity index (χ0n) is 11.3. The van der Waals surface area contributed by atoms with Gasteiger partial charge in [0.2, 0.25) is 0 Å². The van der Waals surface area contributed by atoms with Gasteiger partial charge in [0.1, 0.15) is 0 Å². The second-order valence-corrected chi connectivity index (χ2v) is 6.69. The Labute approximate surface area is 114 Å². The van der Waals surface area contributed by atoms with Crippen molar-refractivity contribution < 1.29 is 4.74 Å². The molecule has 2 saturated heterocycles. The maximum absolute atomic E-state index is 6.62. The van der Waals surface area contributed by atoms with Gasteiger partial charge in [-0.25, -0.2) is 0 Å². The minimum Gasteiger partial charge on any atom is -0.380 e. The summed E-state index contributed by atoms with van der Waals surface area (Å²) in [5.74, 6) is 0. The van der Waals surface area contributed by atoms with Crippen LogP contribution in [0.2, 0.25) is 0 Å². The summed E-state index contributed by atoms with van der Waals surface area (Å²) < 4.78 is 5.38. The smallest absolute Gasteiger partial charge is 0.0569 e. The fourth-order valence-corrected chi connectivity index (χ4v) is 3.99. The molecule has 19 heavy (non-hydrogen) atoms. The summed E-state index contributed by atoms with van der Waals surface area (Å²) in [7, 11) is 0. The zero-order valence-corrected chi connectivity index (χ0v) is 11.3. The quantitative estimate of drug-likeness (QED) is 0.900. The molecule has 3 fully saturated rings. The molecule has 3 aliphatic rings. The lowest BCUT2D eigenvalue weighted by Crippen LogP contribution is -2.75. The van der Waals surface area contributed by atoms with Crippen LogP contribution in [-0.2, 0) is 4.74 Å². The molecule has 1 aromatic rings. The predicted molar refractivity (Wildman–Crippen MR) is 74.8 cm³/mol. The van der Waals surface area contributed by atoms with E-state index >= 15 is 0 Å². The Bertz CT molecular complexity index is 457. The molecular formula is C16H22N2O. The van der Waals surface area contributed by atoms with E-state index in [2.05, 4.69) is 35.2 Å². The van der Waals surface area contributed by atoms with Crippen molar-refractivity contribution in [3.05, 3.63) is 35.9 Å². The number of ether oxygens (including phenoxy) is 1. The van der Waals surface area contributed by atoms with Crippen molar-refractivity contribution in [1.82, 2.24) is 4.90 Å². The van der Waals surface area contributed by atoms with E-state index in [4.69, 9.17) is 10.5 Å². The van der Waals surface area contributed by atoms with Gasteiger partial charge in [-0.15, -0.1) is 0 Å². The third-order valence-electron chi connectivity index (χ3n) is 5.46. The first kappa shape index (κ1) is 11.9. The maximum atomic E-state index is 6.62. The van der Waals surface area contributed by atoms with Crippen LogP contribution in [0.1, 0.15) is 30.9 Å². The highest BCUT2D eigenvalue weighted by Gasteiger charge is 2.58. The number of nitrogens with two attached hydrogens (primary N) is 1. The van der Waals surface area contributed by atoms with E-state index in [1.807, 2.05) is 0 Å². The summed E-state index contributed by atoms with van der Waals surface area (Å²) >= 11 is 0. The monoisotopic (exact) mass is 258 g/mol. The average molecular weight is 258 g/mol. The van der Waals surface area contributed by atoms with E-state index in [1.165, 1.54) is 37.9 Å². The van der Waals surface area contributed by atoms with Gasteiger partial charge in [0.05, 0.1) is 13.2 Å². The van der Waals surface area contributed by atoms with Gasteiger partial charge in [0.25, 0.3) is 0 Å². The van der Waals surface area contributed by atoms with Crippen molar-refractivity contribution in [3.63, 3.8) is 0 Å². The summed E-state index contributed by atoms with van der Waals surface area (Å²) in [6.45, 7) is 4.29. The van der Waals surface area contributed by atoms with Crippen LogP contribution in [0.25, 0.3) is 0 Å². The topological polar surface area (TPSA) is 38.5 Å². The largest absolute Gasteiger partial charge is 0.380 e. The van der Waals surface area contributed by atoms with Gasteiger partial charge < -0.3 is 10.5 Å². The van der Waals surface area contributed by atoms with Crippen molar-refractivity contribution in [2.75, 3.05) is 26.3 Å². The first-order chi connectivity index (χ1) is 9.24. The molecule has 1 aromatic carbocycles. The lowest BCUT2D eigenvalue weighted by atomic mass is 9.63. The molecule has 0 radical (unpaired) electrons. The summed E-state index contributed by atoms with van der Waals surface area (Å²) in [6.07, 6.45) is 3.82. The van der Waals surface area contributed by atoms with Crippen LogP contribution < -0.4 is 5.73 Å². The summed E-state index contributed by atoms with van der Waals surface area (Å²) in [6, 6.07) is 10.8. The number of hydrogen-bond donors (Lipinski definition) is 1. The van der Waals surface area contributed by atoms with E-state index in [0.717, 1.165) is 13.2 Å². The third-order valence-corrected chi connectivity index (χ3v) is 5.46. The highest BCUT2D eigenvalue weighted by Crippen LogP contribution is 2.52. The second kappa shape index (κ2) is 4.05. The van der Waals surface area contributed by atoms with Crippen LogP contribution in [0.15, 0.2) is 30.3 Å². The predicted octanol–water partition coefficient (Wildman–Crippen LogP) is 1.94. The maximum Gasteiger partial charge on any atom is 0.0569 e. The fourth-order valence-electron chi connectivity index (χ4n) is 3.99. The number of hydrogen-bond acceptors (Lipinski definition) is 3. The Morgan fingerprint density at radius 3 is 2.26 bits per heavy atom. The van der Waals surface area contributed by atoms with Crippen molar-refractivity contribution in [2.24, 2.45) is 11.1 Å². The Morgan fingerprint density at radius 1 is 1.11 bits per heavy atom. The molecule has 1 atom stereocenters. The van der Waals surface area contributed by atoms with E-state index in [0.29, 0.717) is 5.41 Å². The molecule has 0 aromatic heterocycles. The molecule has 1 spiro atoms. The molecule has 2 heterocycles. The summed E-state index contributed by atoms with van der Waals surface area (Å²) in [5, 5.41) is 0. The summed E-state index contributed by atoms with van der Waals surface area (Å²) in [4.78, 5) is 2.64. The van der Waals surface area contributed by atoms with Crippen LogP contribution in [0.3, 0.4) is 0 Å². The number of nitrogens with zero attached hydrogens (tertiary/aromatic N) is 1. The van der Waals surface area contributed by atoms with Gasteiger partial charge in [0.15, 0.2) is 0 Å².